The molecule has 2 fully saturated rings. The average Bonchev–Trinajstić information content (AvgIpc) is 1.53. The van der Waals surface area contributed by atoms with Crippen LogP contribution in [0, 0.1) is 7.14 Å². The number of nitrogens with one attached hydrogen (secondary N) is 4. The van der Waals surface area contributed by atoms with Crippen LogP contribution in [0.1, 0.15) is 164 Å². The first-order chi connectivity index (χ1) is 50.0. The number of rotatable bonds is 22. The predicted molar refractivity (Wildman–Crippen MR) is 407 cm³/mol. The Bertz CT molecular complexity index is 4190. The second kappa shape index (κ2) is 43.1. The van der Waals surface area contributed by atoms with Gasteiger partial charge in [0.1, 0.15) is 11.6 Å². The normalized spacial score (nSPS) is 13.0. The van der Waals surface area contributed by atoms with E-state index in [0.717, 1.165) is 34.5 Å². The summed E-state index contributed by atoms with van der Waals surface area (Å²) in [5.74, 6) is -10.5. The van der Waals surface area contributed by atoms with E-state index in [9.17, 15) is 85.7 Å². The van der Waals surface area contributed by atoms with E-state index >= 15 is 0 Å². The van der Waals surface area contributed by atoms with E-state index in [1.54, 1.807) is 78.9 Å². The Morgan fingerprint density at radius 3 is 1.46 bits per heavy atom. The fourth-order valence-electron chi connectivity index (χ4n) is 8.72. The van der Waals surface area contributed by atoms with Crippen LogP contribution in [0.4, 0.5) is 5.69 Å². The van der Waals surface area contributed by atoms with Gasteiger partial charge in [-0.25, -0.2) is 19.2 Å². The van der Waals surface area contributed by atoms with Gasteiger partial charge in [0.2, 0.25) is 0 Å². The maximum absolute atomic E-state index is 12.6. The topological polar surface area (TPSA) is 437 Å². The average molecular weight is 1840 g/mol. The zero-order valence-electron chi connectivity index (χ0n) is 59.3. The molecule has 0 aliphatic carbocycles. The Morgan fingerprint density at radius 2 is 1.03 bits per heavy atom. The predicted octanol–water partition coefficient (Wildman–Crippen LogP) is 6.19. The van der Waals surface area contributed by atoms with Gasteiger partial charge in [0.25, 0.3) is 29.5 Å². The van der Waals surface area contributed by atoms with Crippen LogP contribution >= 0.6 is 72.9 Å². The smallest absolute Gasteiger partial charge is 0.662 e. The number of benzene rings is 6. The van der Waals surface area contributed by atoms with Crippen molar-refractivity contribution in [3.05, 3.63) is 196 Å². The van der Waals surface area contributed by atoms with Crippen LogP contribution in [0.25, 0.3) is 0 Å². The van der Waals surface area contributed by atoms with E-state index in [1.807, 2.05) is 94.5 Å². The molecule has 6 aromatic rings. The summed E-state index contributed by atoms with van der Waals surface area (Å²) >= 11 is 5.11. The standard InChI is InChI=1S/C25H28AsIN4O11S.C15H17NO4.C15H22O2.C11H8INO4.C7H5BrO2/c27-16-3-1-2-14(10-16)23(36)31-18(25(38)42-41)8-9-20(32)30-19(24(37)28-11-22(34)35)12-43-13-21(33)29-17-6-4-15(5-7-17)26(39)40;1-15(2,3)11-6-4-5-10(9-11)14(19)20-16-12(17)7-8-13(16)18;1-14(2,3)12-9-7-8-11(10-12)13(16)17-15(4,5)6;12-8-3-1-2-7(6-8)11(16)17-13-9(14)4-5-10(13)15;8-6-3-1-2-5(4-6)7(9)10/h1-7,10,18-19,39-41H,8-9,11-13H2,(H,28,37)(H,29,33)(H,30,32)(H,31,36)(H,34,35);4-6,9H,7-8H2,1-3H3;7-10H,1-6H3;1-3,6H,4-5H2;1-4H,(H,9,10)/p-2/t18-,19-;;;;/m0..../s1/i27-4;;;12-4;. The van der Waals surface area contributed by atoms with Gasteiger partial charge in [0.05, 0.1) is 34.8 Å². The zero-order chi connectivity index (χ0) is 80.1. The number of hydroxylamine groups is 4. The number of carboxylic acids is 2. The van der Waals surface area contributed by atoms with Crippen molar-refractivity contribution in [1.29, 1.82) is 0 Å². The number of carbonyl (C=O) groups excluding carboxylic acids is 13. The number of aliphatic carboxylic acids is 1. The number of halogens is 3. The first-order valence-electron chi connectivity index (χ1n) is 32.2. The van der Waals surface area contributed by atoms with Crippen molar-refractivity contribution in [3.8, 4) is 0 Å². The summed E-state index contributed by atoms with van der Waals surface area (Å²) in [5, 5.41) is 40.5. The van der Waals surface area contributed by atoms with Crippen molar-refractivity contribution < 1.29 is 110 Å². The summed E-state index contributed by atoms with van der Waals surface area (Å²) in [5.41, 5.74) is 3.75. The van der Waals surface area contributed by atoms with E-state index in [-0.39, 0.29) is 66.0 Å². The fraction of sp³-hybridized carbons (Fsp3) is 0.315. The van der Waals surface area contributed by atoms with Crippen molar-refractivity contribution >= 4 is 181 Å². The van der Waals surface area contributed by atoms with E-state index in [0.29, 0.717) is 42.4 Å². The molecule has 6 aromatic carbocycles. The second-order valence-electron chi connectivity index (χ2n) is 26.0. The third-order valence-electron chi connectivity index (χ3n) is 14.2. The van der Waals surface area contributed by atoms with Crippen molar-refractivity contribution in [2.45, 2.75) is 129 Å². The molecule has 0 radical (unpaired) electrons. The maximum atomic E-state index is 12.6. The summed E-state index contributed by atoms with van der Waals surface area (Å²) < 4.78 is 26.7. The molecule has 8 rings (SSSR count). The number of hydrogen-bond donors (Lipinski definition) is 7. The molecule has 0 aromatic heterocycles. The number of amides is 8. The number of imide groups is 2. The molecule has 0 saturated carbocycles. The minimum atomic E-state index is -3.04. The molecule has 2 saturated heterocycles. The Kier molecular flexibility index (Phi) is 36.4. The van der Waals surface area contributed by atoms with Crippen LogP contribution in [0.3, 0.4) is 0 Å². The summed E-state index contributed by atoms with van der Waals surface area (Å²) in [6.07, 6.45) is -0.428. The van der Waals surface area contributed by atoms with Gasteiger partial charge in [-0.15, -0.1) is 10.1 Å². The summed E-state index contributed by atoms with van der Waals surface area (Å²) in [6.45, 7) is 17.3. The van der Waals surface area contributed by atoms with Crippen molar-refractivity contribution in [1.82, 2.24) is 26.1 Å². The third kappa shape index (κ3) is 32.6. The number of thioether (sulfide) groups is 1. The number of nitrogens with zero attached hydrogens (tertiary/aromatic N) is 2. The first-order valence-corrected chi connectivity index (χ1v) is 39.0. The molecule has 34 heteroatoms. The zero-order valence-corrected chi connectivity index (χ0v) is 67.9. The number of ether oxygens (including phenoxy) is 1. The van der Waals surface area contributed by atoms with Crippen LogP contribution in [-0.4, -0.2) is 158 Å². The van der Waals surface area contributed by atoms with Crippen LogP contribution in [0.15, 0.2) is 150 Å². The molecule has 2 aliphatic rings. The first kappa shape index (κ1) is 90.4. The van der Waals surface area contributed by atoms with Gasteiger partial charge in [0.15, 0.2) is 0 Å². The van der Waals surface area contributed by atoms with E-state index in [4.69, 9.17) is 19.5 Å². The van der Waals surface area contributed by atoms with Crippen molar-refractivity contribution in [3.63, 3.8) is 0 Å². The fourth-order valence-corrected chi connectivity index (χ4v) is 11.9. The Morgan fingerprint density at radius 1 is 0.579 bits per heavy atom. The molecule has 8 amide bonds. The van der Waals surface area contributed by atoms with Crippen molar-refractivity contribution in [2.24, 2.45) is 0 Å². The molecule has 2 heterocycles. The monoisotopic (exact) mass is 1840 g/mol. The number of anilines is 1. The Hall–Kier alpha value is -8.97. The summed E-state index contributed by atoms with van der Waals surface area (Å²) in [4.78, 5) is 177. The third-order valence-corrected chi connectivity index (χ3v) is 18.7. The van der Waals surface area contributed by atoms with Gasteiger partial charge >= 0.3 is 160 Å². The van der Waals surface area contributed by atoms with E-state index in [1.165, 1.54) is 36.4 Å². The van der Waals surface area contributed by atoms with Gasteiger partial charge in [-0.1, -0.05) is 99.9 Å². The van der Waals surface area contributed by atoms with Gasteiger partial charge in [0, 0.05) is 49.3 Å². The molecule has 29 nitrogen and oxygen atoms in total. The number of hydrogen-bond acceptors (Lipinski definition) is 23. The number of carboxylic acid groups (broad SMARTS) is 2. The molecule has 0 bridgehead atoms. The molecular formula is C73H78AsBrI2N6O23S-2. The molecule has 7 N–H and O–H groups in total. The van der Waals surface area contributed by atoms with Gasteiger partial charge in [-0.2, -0.15) is 0 Å². The van der Waals surface area contributed by atoms with E-state index in [2.05, 4.69) is 85.4 Å². The van der Waals surface area contributed by atoms with Gasteiger partial charge in [-0.05, 0) is 173 Å². The number of aromatic carboxylic acids is 1. The molecule has 107 heavy (non-hydrogen) atoms. The second-order valence-corrected chi connectivity index (χ2v) is 32.7. The van der Waals surface area contributed by atoms with Crippen LogP contribution in [0.5, 0.6) is 0 Å². The quantitative estimate of drug-likeness (QED) is 0.00993. The van der Waals surface area contributed by atoms with Crippen LogP contribution in [0.2, 0.25) is 0 Å². The van der Waals surface area contributed by atoms with Crippen LogP contribution < -0.4 is 36.0 Å². The number of carbonyl (C=O) groups is 14. The van der Waals surface area contributed by atoms with E-state index < -0.39 is 123 Å². The molecule has 2 atom stereocenters. The minimum Gasteiger partial charge on any atom is -0.662 e. The Labute approximate surface area is 661 Å². The molecular weight excluding hydrogens is 1760 g/mol. The minimum absolute atomic E-state index is 0.0397. The molecule has 0 spiro atoms. The molecule has 0 unspecified atom stereocenters. The molecule has 572 valence electrons. The SMILES string of the molecule is CC(C)(C)OC(=O)c1cccc(C(C)(C)C)c1.CC(C)(C)c1cccc(C(=O)ON2C(=O)CCC2=O)c1.O=C(O)c1cccc(Br)c1.O=C(ON1C(=O)CCC1=O)c1cccc([123I])c1.O=C([O-])CNC(=O)[C@H](CSCC(=O)Nc1ccc([As](O)O)cc1)NC(=O)CC[C@H](NC(=O)c1cccc([123I])c1)C(=O)O[O-]. The Balaban J connectivity index is 0.000000313. The van der Waals surface area contributed by atoms with Crippen LogP contribution in [-0.2, 0) is 73.3 Å². The van der Waals surface area contributed by atoms with Gasteiger partial charge < -0.3 is 44.9 Å². The number of esters is 1. The van der Waals surface area contributed by atoms with Gasteiger partial charge in [-0.3, -0.25) is 33.6 Å². The summed E-state index contributed by atoms with van der Waals surface area (Å²) in [7, 11) is 0. The molecule has 2 aliphatic heterocycles. The van der Waals surface area contributed by atoms with Crippen molar-refractivity contribution in [2.75, 3.05) is 23.4 Å². The summed E-state index contributed by atoms with van der Waals surface area (Å²) in [6, 6.07) is 37.4.